The Kier molecular flexibility index (Phi) is 3.62. The van der Waals surface area contributed by atoms with Crippen LogP contribution in [0.1, 0.15) is 34.8 Å². The smallest absolute Gasteiger partial charge is 0.270 e. The summed E-state index contributed by atoms with van der Waals surface area (Å²) in [5.74, 6) is 0.690. The highest BCUT2D eigenvalue weighted by molar-refractivity contribution is 5.98. The third kappa shape index (κ3) is 2.74. The predicted octanol–water partition coefficient (Wildman–Crippen LogP) is 4.19. The van der Waals surface area contributed by atoms with Crippen LogP contribution in [0.3, 0.4) is 0 Å². The molecule has 1 N–H and O–H groups in total. The summed E-state index contributed by atoms with van der Waals surface area (Å²) in [6.07, 6.45) is 2.08. The molecule has 3 heteroatoms. The van der Waals surface area contributed by atoms with E-state index < -0.39 is 0 Å². The van der Waals surface area contributed by atoms with Crippen LogP contribution in [0, 0.1) is 0 Å². The number of aromatic amines is 1. The highest BCUT2D eigenvalue weighted by Crippen LogP contribution is 2.28. The topological polar surface area (TPSA) is 36.1 Å². The van der Waals surface area contributed by atoms with E-state index in [1.165, 1.54) is 5.56 Å². The number of H-pyrrole nitrogens is 1. The number of carbonyl (C=O) groups is 1. The van der Waals surface area contributed by atoms with Crippen molar-refractivity contribution >= 4 is 16.8 Å². The van der Waals surface area contributed by atoms with Gasteiger partial charge in [-0.2, -0.15) is 0 Å². The van der Waals surface area contributed by atoms with Gasteiger partial charge in [0.05, 0.1) is 0 Å². The zero-order valence-electron chi connectivity index (χ0n) is 13.0. The average Bonchev–Trinajstić information content (AvgIpc) is 3.06. The molecular formula is C20H20N2O. The molecule has 0 atom stereocenters. The quantitative estimate of drug-likeness (QED) is 0.757. The van der Waals surface area contributed by atoms with Gasteiger partial charge in [0.25, 0.3) is 5.91 Å². The summed E-state index contributed by atoms with van der Waals surface area (Å²) in [7, 11) is 0. The monoisotopic (exact) mass is 304 g/mol. The number of aromatic nitrogens is 1. The summed E-state index contributed by atoms with van der Waals surface area (Å²) in [6.45, 7) is 1.65. The van der Waals surface area contributed by atoms with Gasteiger partial charge in [-0.25, -0.2) is 0 Å². The first-order chi connectivity index (χ1) is 11.3. The number of nitrogens with zero attached hydrogens (tertiary/aromatic N) is 1. The molecule has 23 heavy (non-hydrogen) atoms. The van der Waals surface area contributed by atoms with Crippen molar-refractivity contribution in [2.24, 2.45) is 0 Å². The third-order valence-corrected chi connectivity index (χ3v) is 4.81. The van der Waals surface area contributed by atoms with Crippen molar-refractivity contribution in [3.8, 4) is 0 Å². The van der Waals surface area contributed by atoms with Gasteiger partial charge in [-0.15, -0.1) is 0 Å². The number of carbonyl (C=O) groups excluding carboxylic acids is 1. The number of nitrogens with one attached hydrogen (secondary N) is 1. The van der Waals surface area contributed by atoms with Crippen LogP contribution in [0.15, 0.2) is 60.7 Å². The van der Waals surface area contributed by atoms with E-state index in [1.54, 1.807) is 0 Å². The zero-order chi connectivity index (χ0) is 15.6. The standard InChI is InChI=1S/C20H20N2O/c23-20(19-14-17-8-4-5-9-18(17)21-19)22-12-10-16(11-13-22)15-6-2-1-3-7-15/h1-9,14,16,21H,10-13H2. The number of amides is 1. The number of fused-ring (bicyclic) bond motifs is 1. The van der Waals surface area contributed by atoms with E-state index >= 15 is 0 Å². The molecule has 4 rings (SSSR count). The molecule has 116 valence electrons. The van der Waals surface area contributed by atoms with E-state index in [2.05, 4.69) is 35.3 Å². The summed E-state index contributed by atoms with van der Waals surface area (Å²) in [6, 6.07) is 20.6. The Hall–Kier alpha value is -2.55. The van der Waals surface area contributed by atoms with E-state index in [-0.39, 0.29) is 5.91 Å². The first kappa shape index (κ1) is 14.1. The number of para-hydroxylation sites is 1. The molecule has 2 aromatic carbocycles. The second-order valence-electron chi connectivity index (χ2n) is 6.25. The Morgan fingerprint density at radius 1 is 0.957 bits per heavy atom. The van der Waals surface area contributed by atoms with Gasteiger partial charge < -0.3 is 9.88 Å². The minimum absolute atomic E-state index is 0.118. The van der Waals surface area contributed by atoms with E-state index in [9.17, 15) is 4.79 Å². The number of rotatable bonds is 2. The lowest BCUT2D eigenvalue weighted by molar-refractivity contribution is 0.0708. The fourth-order valence-electron chi connectivity index (χ4n) is 3.50. The summed E-state index contributed by atoms with van der Waals surface area (Å²) < 4.78 is 0. The first-order valence-electron chi connectivity index (χ1n) is 8.23. The molecule has 1 saturated heterocycles. The van der Waals surface area contributed by atoms with Crippen LogP contribution in [-0.4, -0.2) is 28.9 Å². The van der Waals surface area contributed by atoms with Gasteiger partial charge in [-0.3, -0.25) is 4.79 Å². The van der Waals surface area contributed by atoms with E-state index in [0.29, 0.717) is 11.6 Å². The van der Waals surface area contributed by atoms with Crippen LogP contribution < -0.4 is 0 Å². The zero-order valence-corrected chi connectivity index (χ0v) is 13.0. The number of hydrogen-bond donors (Lipinski definition) is 1. The Labute approximate surface area is 135 Å². The van der Waals surface area contributed by atoms with Crippen LogP contribution in [0.25, 0.3) is 10.9 Å². The molecule has 1 amide bonds. The highest BCUT2D eigenvalue weighted by atomic mass is 16.2. The third-order valence-electron chi connectivity index (χ3n) is 4.81. The Balaban J connectivity index is 1.46. The van der Waals surface area contributed by atoms with Crippen molar-refractivity contribution in [1.82, 2.24) is 9.88 Å². The van der Waals surface area contributed by atoms with Crippen molar-refractivity contribution in [3.05, 3.63) is 71.9 Å². The van der Waals surface area contributed by atoms with Gasteiger partial charge in [0.15, 0.2) is 0 Å². The molecule has 3 nitrogen and oxygen atoms in total. The Morgan fingerprint density at radius 3 is 2.39 bits per heavy atom. The molecule has 0 radical (unpaired) electrons. The number of likely N-dealkylation sites (tertiary alicyclic amines) is 1. The lowest BCUT2D eigenvalue weighted by atomic mass is 9.89. The first-order valence-corrected chi connectivity index (χ1v) is 8.23. The van der Waals surface area contributed by atoms with Crippen molar-refractivity contribution in [3.63, 3.8) is 0 Å². The molecule has 0 bridgehead atoms. The molecule has 0 aliphatic carbocycles. The maximum Gasteiger partial charge on any atom is 0.270 e. The van der Waals surface area contributed by atoms with Crippen molar-refractivity contribution in [2.45, 2.75) is 18.8 Å². The SMILES string of the molecule is O=C(c1cc2ccccc2[nH]1)N1CCC(c2ccccc2)CC1. The number of hydrogen-bond acceptors (Lipinski definition) is 1. The summed E-state index contributed by atoms with van der Waals surface area (Å²) in [5.41, 5.74) is 3.12. The van der Waals surface area contributed by atoms with Gasteiger partial charge >= 0.3 is 0 Å². The maximum atomic E-state index is 12.7. The molecule has 1 aromatic heterocycles. The van der Waals surface area contributed by atoms with Gasteiger partial charge in [0.1, 0.15) is 5.69 Å². The second-order valence-corrected chi connectivity index (χ2v) is 6.25. The normalized spacial score (nSPS) is 15.9. The van der Waals surface area contributed by atoms with E-state index in [4.69, 9.17) is 0 Å². The molecule has 0 saturated carbocycles. The van der Waals surface area contributed by atoms with Gasteiger partial charge in [0, 0.05) is 24.0 Å². The van der Waals surface area contributed by atoms with Crippen molar-refractivity contribution < 1.29 is 4.79 Å². The van der Waals surface area contributed by atoms with Gasteiger partial charge in [-0.05, 0) is 36.5 Å². The van der Waals surface area contributed by atoms with Crippen LogP contribution in [0.2, 0.25) is 0 Å². The van der Waals surface area contributed by atoms with E-state index in [1.807, 2.05) is 35.2 Å². The van der Waals surface area contributed by atoms with Crippen LogP contribution in [0.5, 0.6) is 0 Å². The molecule has 3 aromatic rings. The largest absolute Gasteiger partial charge is 0.351 e. The fraction of sp³-hybridized carbons (Fsp3) is 0.250. The molecule has 1 aliphatic rings. The average molecular weight is 304 g/mol. The van der Waals surface area contributed by atoms with Gasteiger partial charge in [0.2, 0.25) is 0 Å². The number of benzene rings is 2. The summed E-state index contributed by atoms with van der Waals surface area (Å²) >= 11 is 0. The Bertz CT molecular complexity index is 781. The molecule has 0 unspecified atom stereocenters. The minimum atomic E-state index is 0.118. The summed E-state index contributed by atoms with van der Waals surface area (Å²) in [5, 5.41) is 1.09. The van der Waals surface area contributed by atoms with Crippen molar-refractivity contribution in [1.29, 1.82) is 0 Å². The van der Waals surface area contributed by atoms with Gasteiger partial charge in [-0.1, -0.05) is 48.5 Å². The lowest BCUT2D eigenvalue weighted by Crippen LogP contribution is -2.38. The van der Waals surface area contributed by atoms with Crippen LogP contribution >= 0.6 is 0 Å². The second kappa shape index (κ2) is 5.92. The molecule has 1 fully saturated rings. The molecular weight excluding hydrogens is 284 g/mol. The number of piperidine rings is 1. The molecule has 0 spiro atoms. The molecule has 2 heterocycles. The fourth-order valence-corrected chi connectivity index (χ4v) is 3.50. The van der Waals surface area contributed by atoms with Crippen LogP contribution in [0.4, 0.5) is 0 Å². The van der Waals surface area contributed by atoms with Crippen molar-refractivity contribution in [2.75, 3.05) is 13.1 Å². The maximum absolute atomic E-state index is 12.7. The van der Waals surface area contributed by atoms with E-state index in [0.717, 1.165) is 36.8 Å². The minimum Gasteiger partial charge on any atom is -0.351 e. The summed E-state index contributed by atoms with van der Waals surface area (Å²) in [4.78, 5) is 17.9. The highest BCUT2D eigenvalue weighted by Gasteiger charge is 2.25. The Morgan fingerprint density at radius 2 is 1.65 bits per heavy atom. The predicted molar refractivity (Wildman–Crippen MR) is 92.6 cm³/mol. The molecule has 1 aliphatic heterocycles. The lowest BCUT2D eigenvalue weighted by Gasteiger charge is -2.32. The van der Waals surface area contributed by atoms with Crippen LogP contribution in [-0.2, 0) is 0 Å².